The molecule has 5 heteroatoms. The van der Waals surface area contributed by atoms with Gasteiger partial charge in [0, 0.05) is 33.4 Å². The van der Waals surface area contributed by atoms with E-state index in [0.29, 0.717) is 5.82 Å². The van der Waals surface area contributed by atoms with E-state index < -0.39 is 10.8 Å². The maximum absolute atomic E-state index is 7.79. The van der Waals surface area contributed by atoms with Crippen molar-refractivity contribution in [3.05, 3.63) is 293 Å². The van der Waals surface area contributed by atoms with Crippen LogP contribution >= 0.6 is 0 Å². The minimum atomic E-state index is -0.768. The summed E-state index contributed by atoms with van der Waals surface area (Å²) in [5, 5.41) is 0. The van der Waals surface area contributed by atoms with E-state index in [4.69, 9.17) is 19.4 Å². The molecule has 3 aliphatic heterocycles. The Hall–Kier alpha value is -9.32. The number of ether oxygens (including phenoxy) is 2. The van der Waals surface area contributed by atoms with Gasteiger partial charge in [-0.3, -0.25) is 0 Å². The van der Waals surface area contributed by atoms with E-state index >= 15 is 0 Å². The summed E-state index contributed by atoms with van der Waals surface area (Å²) in [6.07, 6.45) is 0. The topological polar surface area (TPSA) is 47.5 Å². The molecule has 0 atom stereocenters. The van der Waals surface area contributed by atoms with Gasteiger partial charge in [0.15, 0.2) is 11.6 Å². The lowest BCUT2D eigenvalue weighted by Crippen LogP contribution is -2.40. The van der Waals surface area contributed by atoms with E-state index in [1.165, 1.54) is 22.3 Å². The molecule has 332 valence electrons. The first kappa shape index (κ1) is 39.7. The number of nitrogens with zero attached hydrogens (tertiary/aromatic N) is 3. The van der Waals surface area contributed by atoms with Gasteiger partial charge < -0.3 is 14.4 Å². The second-order valence-corrected chi connectivity index (χ2v) is 18.7. The quantitative estimate of drug-likeness (QED) is 0.176. The molecule has 1 aliphatic carbocycles. The van der Waals surface area contributed by atoms with Crippen LogP contribution in [0.15, 0.2) is 249 Å². The van der Waals surface area contributed by atoms with E-state index in [2.05, 4.69) is 241 Å². The highest BCUT2D eigenvalue weighted by Gasteiger charge is 2.54. The molecule has 0 N–H and O–H groups in total. The molecule has 0 bridgehead atoms. The monoisotopic (exact) mass is 907 g/mol. The van der Waals surface area contributed by atoms with Gasteiger partial charge in [0.25, 0.3) is 0 Å². The van der Waals surface area contributed by atoms with Gasteiger partial charge in [0.1, 0.15) is 17.2 Å². The first-order valence-corrected chi connectivity index (χ1v) is 24.2. The molecular weight excluding hydrogens is 867 g/mol. The van der Waals surface area contributed by atoms with Gasteiger partial charge >= 0.3 is 0 Å². The fourth-order valence-electron chi connectivity index (χ4n) is 12.4. The molecule has 4 heterocycles. The van der Waals surface area contributed by atoms with Gasteiger partial charge in [-0.05, 0) is 75.8 Å². The average Bonchev–Trinajstić information content (AvgIpc) is 3.73. The Balaban J connectivity index is 1.03. The van der Waals surface area contributed by atoms with Crippen LogP contribution < -0.4 is 14.4 Å². The number of hydrogen-bond donors (Lipinski definition) is 0. The maximum atomic E-state index is 7.79. The van der Waals surface area contributed by atoms with Gasteiger partial charge in [-0.15, -0.1) is 0 Å². The van der Waals surface area contributed by atoms with Crippen molar-refractivity contribution in [2.24, 2.45) is 0 Å². The summed E-state index contributed by atoms with van der Waals surface area (Å²) in [7, 11) is 0. The SMILES string of the molecule is c1ccc(-c2cc(-c3ccccc3)nc(-c3cccc4c3Oc3c(N5c6ccccc6C6(c7ccccc7Oc7ccccc76)c6ccccc65)cccc3C43c4ccccc4-c4ccccc43)n2)cc1. The number of fused-ring (bicyclic) bond motifs is 17. The Kier molecular flexibility index (Phi) is 8.43. The van der Waals surface area contributed by atoms with Crippen molar-refractivity contribution in [1.29, 1.82) is 0 Å². The third kappa shape index (κ3) is 5.40. The second-order valence-electron chi connectivity index (χ2n) is 18.7. The van der Waals surface area contributed by atoms with Crippen molar-refractivity contribution in [1.82, 2.24) is 9.97 Å². The van der Waals surface area contributed by atoms with Crippen LogP contribution in [-0.4, -0.2) is 9.97 Å². The van der Waals surface area contributed by atoms with E-state index in [-0.39, 0.29) is 0 Å². The summed E-state index contributed by atoms with van der Waals surface area (Å²) < 4.78 is 14.5. The maximum Gasteiger partial charge on any atom is 0.164 e. The third-order valence-corrected chi connectivity index (χ3v) is 15.2. The Morgan fingerprint density at radius 3 is 1.25 bits per heavy atom. The van der Waals surface area contributed by atoms with Crippen LogP contribution in [0.3, 0.4) is 0 Å². The van der Waals surface area contributed by atoms with Crippen LogP contribution in [0.25, 0.3) is 45.0 Å². The molecule has 0 unspecified atom stereocenters. The molecule has 10 aromatic carbocycles. The van der Waals surface area contributed by atoms with Crippen molar-refractivity contribution in [3.8, 4) is 68.0 Å². The molecule has 1 aromatic heterocycles. The summed E-state index contributed by atoms with van der Waals surface area (Å²) in [6, 6.07) is 88.7. The van der Waals surface area contributed by atoms with Crippen LogP contribution in [-0.2, 0) is 10.8 Å². The Labute approximate surface area is 411 Å². The molecule has 71 heavy (non-hydrogen) atoms. The summed E-state index contributed by atoms with van der Waals surface area (Å²) >= 11 is 0. The van der Waals surface area contributed by atoms with Gasteiger partial charge in [0.05, 0.1) is 44.8 Å². The standard InChI is InChI=1S/C66H41N3O2/c1-3-21-42(22-4-1)55-41-56(43-23-5-2-6-24-43)68-64(67-55)46-27-19-34-53-62(46)71-63-54(65(53)47-28-9-7-25-44(47)45-26-8-10-29-48(45)65)35-20-38-59(63)69-57-36-15-11-30-49(57)66(50-31-12-16-37-58(50)69)51-32-13-17-39-60(51)70-61-40-18-14-33-52(61)66/h1-41H. The molecule has 0 saturated heterocycles. The van der Waals surface area contributed by atoms with E-state index in [1.807, 2.05) is 12.1 Å². The van der Waals surface area contributed by atoms with Crippen molar-refractivity contribution in [2.45, 2.75) is 10.8 Å². The number of rotatable bonds is 4. The van der Waals surface area contributed by atoms with Crippen molar-refractivity contribution < 1.29 is 9.47 Å². The zero-order valence-corrected chi connectivity index (χ0v) is 38.3. The predicted octanol–water partition coefficient (Wildman–Crippen LogP) is 16.2. The largest absolute Gasteiger partial charge is 0.457 e. The zero-order valence-electron chi connectivity index (χ0n) is 38.3. The lowest BCUT2D eigenvalue weighted by atomic mass is 9.61. The molecule has 0 amide bonds. The van der Waals surface area contributed by atoms with Crippen LogP contribution in [0.4, 0.5) is 17.1 Å². The fraction of sp³-hybridized carbons (Fsp3) is 0.0303. The summed E-state index contributed by atoms with van der Waals surface area (Å²) in [5.74, 6) is 3.79. The van der Waals surface area contributed by atoms with Crippen LogP contribution in [0.2, 0.25) is 0 Å². The highest BCUT2D eigenvalue weighted by molar-refractivity contribution is 5.96. The van der Waals surface area contributed by atoms with E-state index in [9.17, 15) is 0 Å². The van der Waals surface area contributed by atoms with Gasteiger partial charge in [-0.2, -0.15) is 0 Å². The molecule has 2 spiro atoms. The van der Waals surface area contributed by atoms with Crippen molar-refractivity contribution in [3.63, 3.8) is 0 Å². The lowest BCUT2D eigenvalue weighted by Gasteiger charge is -2.49. The predicted molar refractivity (Wildman–Crippen MR) is 282 cm³/mol. The van der Waals surface area contributed by atoms with Gasteiger partial charge in [-0.25, -0.2) is 9.97 Å². The Morgan fingerprint density at radius 2 is 0.690 bits per heavy atom. The van der Waals surface area contributed by atoms with E-state index in [1.54, 1.807) is 0 Å². The Morgan fingerprint density at radius 1 is 0.296 bits per heavy atom. The molecule has 0 saturated carbocycles. The lowest BCUT2D eigenvalue weighted by molar-refractivity contribution is 0.433. The number of hydrogen-bond acceptors (Lipinski definition) is 5. The minimum absolute atomic E-state index is 0.588. The van der Waals surface area contributed by atoms with Crippen LogP contribution in [0, 0.1) is 0 Å². The van der Waals surface area contributed by atoms with E-state index in [0.717, 1.165) is 102 Å². The van der Waals surface area contributed by atoms with Crippen LogP contribution in [0.1, 0.15) is 44.5 Å². The summed E-state index contributed by atoms with van der Waals surface area (Å²) in [5.41, 5.74) is 17.6. The molecule has 15 rings (SSSR count). The highest BCUT2D eigenvalue weighted by Crippen LogP contribution is 2.67. The Bertz CT molecular complexity index is 3780. The molecule has 5 nitrogen and oxygen atoms in total. The molecule has 0 fully saturated rings. The molecule has 0 radical (unpaired) electrons. The highest BCUT2D eigenvalue weighted by atomic mass is 16.5. The molecule has 4 aliphatic rings. The second kappa shape index (κ2) is 15.1. The number of para-hydroxylation sites is 6. The first-order valence-electron chi connectivity index (χ1n) is 24.2. The number of benzene rings is 10. The fourth-order valence-corrected chi connectivity index (χ4v) is 12.4. The minimum Gasteiger partial charge on any atom is -0.457 e. The van der Waals surface area contributed by atoms with Gasteiger partial charge in [-0.1, -0.05) is 206 Å². The average molecular weight is 908 g/mol. The molecule has 11 aromatic rings. The number of anilines is 3. The zero-order chi connectivity index (χ0) is 46.7. The van der Waals surface area contributed by atoms with Gasteiger partial charge in [0.2, 0.25) is 0 Å². The van der Waals surface area contributed by atoms with Crippen LogP contribution in [0.5, 0.6) is 23.0 Å². The summed E-state index contributed by atoms with van der Waals surface area (Å²) in [6.45, 7) is 0. The number of aromatic nitrogens is 2. The third-order valence-electron chi connectivity index (χ3n) is 15.2. The smallest absolute Gasteiger partial charge is 0.164 e. The summed E-state index contributed by atoms with van der Waals surface area (Å²) in [4.78, 5) is 13.3. The first-order chi connectivity index (χ1) is 35.2. The molecular formula is C66H41N3O2. The normalized spacial score (nSPS) is 14.3. The van der Waals surface area contributed by atoms with Crippen molar-refractivity contribution in [2.75, 3.05) is 4.90 Å². The van der Waals surface area contributed by atoms with Crippen molar-refractivity contribution >= 4 is 17.1 Å².